The van der Waals surface area contributed by atoms with Crippen LogP contribution in [-0.4, -0.2) is 48.1 Å². The first-order chi connectivity index (χ1) is 14.6. The summed E-state index contributed by atoms with van der Waals surface area (Å²) in [5.74, 6) is 1.53. The predicted molar refractivity (Wildman–Crippen MR) is 136 cm³/mol. The van der Waals surface area contributed by atoms with Gasteiger partial charge in [-0.05, 0) is 44.2 Å². The Hall–Kier alpha value is -1.46. The number of pyridine rings is 1. The largest absolute Gasteiger partial charge is 0.474 e. The SMILES string of the molecule is CN=C(NCc1ccnc(OC2CCCCC2)c1)N(C)Cc1csc(C(C)OC)n1.I. The Bertz CT molecular complexity index is 826. The summed E-state index contributed by atoms with van der Waals surface area (Å²) >= 11 is 1.63. The van der Waals surface area contributed by atoms with Gasteiger partial charge in [0.1, 0.15) is 17.2 Å². The number of aromatic nitrogens is 2. The maximum Gasteiger partial charge on any atom is 0.213 e. The number of methoxy groups -OCH3 is 1. The van der Waals surface area contributed by atoms with Gasteiger partial charge >= 0.3 is 0 Å². The van der Waals surface area contributed by atoms with E-state index in [-0.39, 0.29) is 30.1 Å². The molecule has 0 bridgehead atoms. The molecule has 1 fully saturated rings. The van der Waals surface area contributed by atoms with Crippen LogP contribution in [0.5, 0.6) is 5.88 Å². The van der Waals surface area contributed by atoms with Crippen molar-refractivity contribution in [2.24, 2.45) is 4.99 Å². The second-order valence-corrected chi connectivity index (χ2v) is 8.58. The highest BCUT2D eigenvalue weighted by molar-refractivity contribution is 14.0. The van der Waals surface area contributed by atoms with Gasteiger partial charge in [-0.1, -0.05) is 6.42 Å². The van der Waals surface area contributed by atoms with E-state index < -0.39 is 0 Å². The standard InChI is InChI=1S/C22H33N5O2S.HI/c1-16(28-4)21-26-18(15-30-21)14-27(3)22(23-2)25-13-17-10-11-24-20(12-17)29-19-8-6-5-7-9-19;/h10-12,15-16,19H,5-9,13-14H2,1-4H3,(H,23,25);1H. The van der Waals surface area contributed by atoms with Crippen LogP contribution >= 0.6 is 35.3 Å². The molecule has 7 nitrogen and oxygen atoms in total. The van der Waals surface area contributed by atoms with Crippen molar-refractivity contribution in [1.29, 1.82) is 0 Å². The number of halogens is 1. The van der Waals surface area contributed by atoms with Gasteiger partial charge in [-0.2, -0.15) is 0 Å². The van der Waals surface area contributed by atoms with Gasteiger partial charge < -0.3 is 19.7 Å². The normalized spacial score (nSPS) is 15.8. The van der Waals surface area contributed by atoms with E-state index in [0.29, 0.717) is 25.1 Å². The number of nitrogens with one attached hydrogen (secondary N) is 1. The molecule has 9 heteroatoms. The minimum Gasteiger partial charge on any atom is -0.474 e. The summed E-state index contributed by atoms with van der Waals surface area (Å²) in [5, 5.41) is 6.49. The van der Waals surface area contributed by atoms with Crippen LogP contribution in [0.25, 0.3) is 0 Å². The Morgan fingerprint density at radius 2 is 2.13 bits per heavy atom. The molecule has 1 aliphatic rings. The van der Waals surface area contributed by atoms with Gasteiger partial charge in [-0.3, -0.25) is 4.99 Å². The summed E-state index contributed by atoms with van der Waals surface area (Å²) in [5.41, 5.74) is 2.13. The van der Waals surface area contributed by atoms with E-state index in [2.05, 4.69) is 30.6 Å². The van der Waals surface area contributed by atoms with Gasteiger partial charge in [0.05, 0.1) is 12.2 Å². The third-order valence-corrected chi connectivity index (χ3v) is 6.39. The second-order valence-electron chi connectivity index (χ2n) is 7.69. The van der Waals surface area contributed by atoms with Crippen molar-refractivity contribution in [1.82, 2.24) is 20.2 Å². The lowest BCUT2D eigenvalue weighted by Gasteiger charge is -2.23. The first-order valence-electron chi connectivity index (χ1n) is 10.6. The quantitative estimate of drug-likeness (QED) is 0.285. The van der Waals surface area contributed by atoms with Crippen LogP contribution < -0.4 is 10.1 Å². The molecule has 0 amide bonds. The van der Waals surface area contributed by atoms with Crippen molar-refractivity contribution in [3.05, 3.63) is 40.0 Å². The molecule has 2 aromatic heterocycles. The molecule has 172 valence electrons. The number of guanidine groups is 1. The second kappa shape index (κ2) is 13.2. The summed E-state index contributed by atoms with van der Waals surface area (Å²) in [6.45, 7) is 3.34. The summed E-state index contributed by atoms with van der Waals surface area (Å²) in [6, 6.07) is 4.03. The molecule has 0 aliphatic heterocycles. The van der Waals surface area contributed by atoms with Gasteiger partial charge in [0, 0.05) is 45.4 Å². The fourth-order valence-corrected chi connectivity index (χ4v) is 4.39. The Balaban J connectivity index is 0.00000341. The van der Waals surface area contributed by atoms with Gasteiger partial charge in [-0.25, -0.2) is 9.97 Å². The van der Waals surface area contributed by atoms with E-state index in [1.165, 1.54) is 19.3 Å². The van der Waals surface area contributed by atoms with Crippen molar-refractivity contribution in [2.45, 2.75) is 64.3 Å². The Labute approximate surface area is 206 Å². The van der Waals surface area contributed by atoms with Gasteiger partial charge in [0.2, 0.25) is 5.88 Å². The molecule has 1 atom stereocenters. The number of hydrogen-bond acceptors (Lipinski definition) is 6. The first kappa shape index (κ1) is 25.8. The van der Waals surface area contributed by atoms with E-state index in [4.69, 9.17) is 9.47 Å². The third kappa shape index (κ3) is 7.87. The van der Waals surface area contributed by atoms with Crippen LogP contribution in [0.15, 0.2) is 28.7 Å². The molecule has 3 rings (SSSR count). The fraction of sp³-hybridized carbons (Fsp3) is 0.591. The van der Waals surface area contributed by atoms with Crippen molar-refractivity contribution in [2.75, 3.05) is 21.2 Å². The van der Waals surface area contributed by atoms with Crippen LogP contribution in [0.3, 0.4) is 0 Å². The van der Waals surface area contributed by atoms with E-state index in [1.807, 2.05) is 32.3 Å². The minimum absolute atomic E-state index is 0. The molecular weight excluding hydrogens is 525 g/mol. The van der Waals surface area contributed by atoms with Crippen molar-refractivity contribution >= 4 is 41.3 Å². The Morgan fingerprint density at radius 1 is 1.35 bits per heavy atom. The number of rotatable bonds is 8. The average Bonchev–Trinajstić information content (AvgIpc) is 3.23. The molecule has 1 unspecified atom stereocenters. The lowest BCUT2D eigenvalue weighted by molar-refractivity contribution is 0.119. The smallest absolute Gasteiger partial charge is 0.213 e. The molecule has 1 saturated carbocycles. The highest BCUT2D eigenvalue weighted by atomic mass is 127. The van der Waals surface area contributed by atoms with E-state index >= 15 is 0 Å². The van der Waals surface area contributed by atoms with E-state index in [1.54, 1.807) is 25.5 Å². The molecule has 2 aromatic rings. The molecule has 2 heterocycles. The van der Waals surface area contributed by atoms with E-state index in [9.17, 15) is 0 Å². The van der Waals surface area contributed by atoms with Gasteiger partial charge in [0.25, 0.3) is 0 Å². The fourth-order valence-electron chi connectivity index (χ4n) is 3.55. The maximum absolute atomic E-state index is 6.09. The molecule has 31 heavy (non-hydrogen) atoms. The number of hydrogen-bond donors (Lipinski definition) is 1. The monoisotopic (exact) mass is 559 g/mol. The highest BCUT2D eigenvalue weighted by Gasteiger charge is 2.16. The van der Waals surface area contributed by atoms with Crippen LogP contribution in [0.1, 0.15) is 61.4 Å². The topological polar surface area (TPSA) is 71.9 Å². The molecule has 0 aromatic carbocycles. The zero-order chi connectivity index (χ0) is 21.3. The molecule has 0 radical (unpaired) electrons. The third-order valence-electron chi connectivity index (χ3n) is 5.33. The zero-order valence-corrected chi connectivity index (χ0v) is 22.0. The van der Waals surface area contributed by atoms with Crippen molar-refractivity contribution < 1.29 is 9.47 Å². The van der Waals surface area contributed by atoms with Crippen LogP contribution in [0.4, 0.5) is 0 Å². The Kier molecular flexibility index (Phi) is 11.0. The van der Waals surface area contributed by atoms with Crippen LogP contribution in [0.2, 0.25) is 0 Å². The van der Waals surface area contributed by atoms with Crippen LogP contribution in [0, 0.1) is 0 Å². The predicted octanol–water partition coefficient (Wildman–Crippen LogP) is 4.78. The zero-order valence-electron chi connectivity index (χ0n) is 18.8. The summed E-state index contributed by atoms with van der Waals surface area (Å²) < 4.78 is 11.4. The average molecular weight is 560 g/mol. The Morgan fingerprint density at radius 3 is 2.84 bits per heavy atom. The summed E-state index contributed by atoms with van der Waals surface area (Å²) in [6.07, 6.45) is 8.21. The number of nitrogens with zero attached hydrogens (tertiary/aromatic N) is 4. The number of thiazole rings is 1. The molecule has 1 aliphatic carbocycles. The molecule has 0 spiro atoms. The lowest BCUT2D eigenvalue weighted by Crippen LogP contribution is -2.38. The summed E-state index contributed by atoms with van der Waals surface area (Å²) in [4.78, 5) is 15.5. The molecule has 1 N–H and O–H groups in total. The number of aliphatic imine (C=N–C) groups is 1. The number of ether oxygens (including phenoxy) is 2. The van der Waals surface area contributed by atoms with E-state index in [0.717, 1.165) is 35.1 Å². The highest BCUT2D eigenvalue weighted by Crippen LogP contribution is 2.23. The van der Waals surface area contributed by atoms with Crippen LogP contribution in [-0.2, 0) is 17.8 Å². The van der Waals surface area contributed by atoms with Crippen molar-refractivity contribution in [3.8, 4) is 5.88 Å². The lowest BCUT2D eigenvalue weighted by atomic mass is 9.98. The molecule has 0 saturated heterocycles. The molecular formula is C22H34IN5O2S. The van der Waals surface area contributed by atoms with Gasteiger partial charge in [-0.15, -0.1) is 35.3 Å². The van der Waals surface area contributed by atoms with Gasteiger partial charge in [0.15, 0.2) is 5.96 Å². The summed E-state index contributed by atoms with van der Waals surface area (Å²) in [7, 11) is 5.51. The first-order valence-corrected chi connectivity index (χ1v) is 11.5. The minimum atomic E-state index is 0. The van der Waals surface area contributed by atoms with Crippen molar-refractivity contribution in [3.63, 3.8) is 0 Å². The maximum atomic E-state index is 6.09.